The quantitative estimate of drug-likeness (QED) is 0.722. The molecule has 1 heterocycles. The van der Waals surface area contributed by atoms with Crippen LogP contribution in [0.1, 0.15) is 19.3 Å². The molecule has 1 aromatic rings. The number of hydrogen-bond donors (Lipinski definition) is 2. The minimum absolute atomic E-state index is 0.0303. The van der Waals surface area contributed by atoms with E-state index in [2.05, 4.69) is 5.43 Å². The minimum atomic E-state index is 0.0303. The van der Waals surface area contributed by atoms with E-state index in [1.165, 1.54) is 0 Å². The molecule has 0 bridgehead atoms. The highest BCUT2D eigenvalue weighted by molar-refractivity contribution is 5.96. The third-order valence-electron chi connectivity index (χ3n) is 3.03. The first-order chi connectivity index (χ1) is 7.19. The van der Waals surface area contributed by atoms with Crippen molar-refractivity contribution < 1.29 is 9.90 Å². The first-order valence-electron chi connectivity index (χ1n) is 5.08. The second-order valence-electron chi connectivity index (χ2n) is 4.32. The molecule has 2 N–H and O–H groups in total. The lowest BCUT2D eigenvalue weighted by molar-refractivity contribution is -0.117. The first-order valence-corrected chi connectivity index (χ1v) is 5.08. The van der Waals surface area contributed by atoms with Gasteiger partial charge in [0, 0.05) is 18.0 Å². The fourth-order valence-corrected chi connectivity index (χ4v) is 1.99. The molecule has 0 unspecified atom stereocenters. The van der Waals surface area contributed by atoms with E-state index >= 15 is 0 Å². The van der Waals surface area contributed by atoms with Crippen LogP contribution in [0.5, 0.6) is 5.75 Å². The van der Waals surface area contributed by atoms with Gasteiger partial charge in [-0.2, -0.15) is 0 Å². The van der Waals surface area contributed by atoms with Crippen LogP contribution in [0.3, 0.4) is 0 Å². The zero-order chi connectivity index (χ0) is 10.5. The molecule has 1 amide bonds. The Bertz CT molecular complexity index is 426. The Kier molecular flexibility index (Phi) is 1.59. The third-order valence-corrected chi connectivity index (χ3v) is 3.03. The molecule has 1 aromatic carbocycles. The summed E-state index contributed by atoms with van der Waals surface area (Å²) in [6.45, 7) is 0. The van der Waals surface area contributed by atoms with E-state index in [-0.39, 0.29) is 17.2 Å². The van der Waals surface area contributed by atoms with Gasteiger partial charge in [0.25, 0.3) is 0 Å². The van der Waals surface area contributed by atoms with Crippen molar-refractivity contribution in [2.45, 2.75) is 24.8 Å². The highest BCUT2D eigenvalue weighted by Crippen LogP contribution is 2.43. The van der Waals surface area contributed by atoms with Gasteiger partial charge in [-0.15, -0.1) is 0 Å². The maximum absolute atomic E-state index is 11.7. The van der Waals surface area contributed by atoms with E-state index in [0.717, 1.165) is 12.8 Å². The molecule has 4 nitrogen and oxygen atoms in total. The van der Waals surface area contributed by atoms with E-state index < -0.39 is 0 Å². The maximum atomic E-state index is 11.7. The predicted octanol–water partition coefficient (Wildman–Crippen LogP) is 1.17. The van der Waals surface area contributed by atoms with Crippen molar-refractivity contribution in [1.29, 1.82) is 0 Å². The van der Waals surface area contributed by atoms with Crippen LogP contribution in [0, 0.1) is 0 Å². The second kappa shape index (κ2) is 2.73. The Balaban J connectivity index is 1.91. The lowest BCUT2D eigenvalue weighted by Crippen LogP contribution is -2.38. The Morgan fingerprint density at radius 1 is 1.40 bits per heavy atom. The zero-order valence-corrected chi connectivity index (χ0v) is 8.23. The smallest absolute Gasteiger partial charge is 0.243 e. The summed E-state index contributed by atoms with van der Waals surface area (Å²) in [5, 5.41) is 10.9. The number of nitrogens with zero attached hydrogens (tertiary/aromatic N) is 1. The van der Waals surface area contributed by atoms with Gasteiger partial charge >= 0.3 is 0 Å². The standard InChI is InChI=1S/C11H12N2O2/c14-9-3-1-2-8(6-9)13-10(15)7-11(12-13)4-5-11/h1-3,6,12,14H,4-5,7H2. The molecular formula is C11H12N2O2. The number of hydrogen-bond acceptors (Lipinski definition) is 3. The minimum Gasteiger partial charge on any atom is -0.508 e. The summed E-state index contributed by atoms with van der Waals surface area (Å²) in [5.74, 6) is 0.261. The molecule has 1 saturated heterocycles. The SMILES string of the molecule is O=C1CC2(CC2)NN1c1cccc(O)c1. The Morgan fingerprint density at radius 2 is 2.20 bits per heavy atom. The van der Waals surface area contributed by atoms with E-state index in [9.17, 15) is 9.90 Å². The van der Waals surface area contributed by atoms with E-state index in [0.29, 0.717) is 12.1 Å². The molecule has 1 saturated carbocycles. The van der Waals surface area contributed by atoms with Crippen molar-refractivity contribution in [1.82, 2.24) is 5.43 Å². The summed E-state index contributed by atoms with van der Waals surface area (Å²) in [6, 6.07) is 6.73. The monoisotopic (exact) mass is 204 g/mol. The lowest BCUT2D eigenvalue weighted by atomic mass is 10.2. The number of aromatic hydroxyl groups is 1. The van der Waals surface area contributed by atoms with Gasteiger partial charge in [-0.25, -0.2) is 10.4 Å². The number of phenolic OH excluding ortho intramolecular Hbond substituents is 1. The molecule has 1 spiro atoms. The van der Waals surface area contributed by atoms with Crippen LogP contribution in [0.15, 0.2) is 24.3 Å². The van der Waals surface area contributed by atoms with Crippen LogP contribution < -0.4 is 10.4 Å². The Morgan fingerprint density at radius 3 is 2.80 bits per heavy atom. The average Bonchev–Trinajstić information content (AvgIpc) is 2.85. The number of hydrazine groups is 1. The molecule has 78 valence electrons. The van der Waals surface area contributed by atoms with Crippen LogP contribution in [0.4, 0.5) is 5.69 Å². The van der Waals surface area contributed by atoms with Crippen LogP contribution in [0.2, 0.25) is 0 Å². The largest absolute Gasteiger partial charge is 0.508 e. The van der Waals surface area contributed by atoms with Gasteiger partial charge in [-0.3, -0.25) is 4.79 Å². The summed E-state index contributed by atoms with van der Waals surface area (Å²) in [5.41, 5.74) is 3.95. The van der Waals surface area contributed by atoms with Crippen LogP contribution >= 0.6 is 0 Å². The van der Waals surface area contributed by atoms with E-state index in [4.69, 9.17) is 0 Å². The normalized spacial score (nSPS) is 22.4. The molecule has 0 radical (unpaired) electrons. The average molecular weight is 204 g/mol. The van der Waals surface area contributed by atoms with Crippen molar-refractivity contribution in [3.63, 3.8) is 0 Å². The molecule has 15 heavy (non-hydrogen) atoms. The number of carbonyl (C=O) groups is 1. The molecule has 2 aliphatic rings. The van der Waals surface area contributed by atoms with E-state index in [1.54, 1.807) is 23.2 Å². The summed E-state index contributed by atoms with van der Waals surface area (Å²) >= 11 is 0. The molecule has 0 aromatic heterocycles. The van der Waals surface area contributed by atoms with Crippen molar-refractivity contribution in [2.75, 3.05) is 5.01 Å². The Hall–Kier alpha value is -1.55. The van der Waals surface area contributed by atoms with Crippen molar-refractivity contribution >= 4 is 11.6 Å². The summed E-state index contributed by atoms with van der Waals surface area (Å²) in [7, 11) is 0. The van der Waals surface area contributed by atoms with Gasteiger partial charge in [-0.1, -0.05) is 6.07 Å². The molecule has 2 fully saturated rings. The number of nitrogens with one attached hydrogen (secondary N) is 1. The van der Waals surface area contributed by atoms with Gasteiger partial charge in [-0.05, 0) is 25.0 Å². The van der Waals surface area contributed by atoms with Gasteiger partial charge in [0.1, 0.15) is 5.75 Å². The van der Waals surface area contributed by atoms with Crippen molar-refractivity contribution in [2.24, 2.45) is 0 Å². The third kappa shape index (κ3) is 1.37. The molecule has 4 heteroatoms. The number of carbonyl (C=O) groups excluding carboxylic acids is 1. The van der Waals surface area contributed by atoms with Crippen LogP contribution in [-0.4, -0.2) is 16.6 Å². The van der Waals surface area contributed by atoms with Crippen LogP contribution in [0.25, 0.3) is 0 Å². The highest BCUT2D eigenvalue weighted by atomic mass is 16.3. The van der Waals surface area contributed by atoms with Gasteiger partial charge in [0.2, 0.25) is 5.91 Å². The van der Waals surface area contributed by atoms with Crippen molar-refractivity contribution in [3.05, 3.63) is 24.3 Å². The molecule has 3 rings (SSSR count). The fourth-order valence-electron chi connectivity index (χ4n) is 1.99. The molecule has 0 atom stereocenters. The molecule has 1 aliphatic heterocycles. The van der Waals surface area contributed by atoms with Gasteiger partial charge < -0.3 is 5.11 Å². The number of anilines is 1. The summed E-state index contributed by atoms with van der Waals surface area (Å²) in [4.78, 5) is 11.7. The molecular weight excluding hydrogens is 192 g/mol. The number of rotatable bonds is 1. The molecule has 1 aliphatic carbocycles. The summed E-state index contributed by atoms with van der Waals surface area (Å²) in [6.07, 6.45) is 2.70. The number of phenols is 1. The topological polar surface area (TPSA) is 52.6 Å². The fraction of sp³-hybridized carbons (Fsp3) is 0.364. The number of amides is 1. The van der Waals surface area contributed by atoms with Gasteiger partial charge in [0.15, 0.2) is 0 Å². The van der Waals surface area contributed by atoms with Gasteiger partial charge in [0.05, 0.1) is 5.69 Å². The zero-order valence-electron chi connectivity index (χ0n) is 8.23. The number of benzene rings is 1. The highest BCUT2D eigenvalue weighted by Gasteiger charge is 2.52. The van der Waals surface area contributed by atoms with Crippen LogP contribution in [-0.2, 0) is 4.79 Å². The second-order valence-corrected chi connectivity index (χ2v) is 4.32. The Labute approximate surface area is 87.5 Å². The predicted molar refractivity (Wildman–Crippen MR) is 55.3 cm³/mol. The maximum Gasteiger partial charge on any atom is 0.243 e. The summed E-state index contributed by atoms with van der Waals surface area (Å²) < 4.78 is 0. The lowest BCUT2D eigenvalue weighted by Gasteiger charge is -2.17. The van der Waals surface area contributed by atoms with E-state index in [1.807, 2.05) is 6.07 Å². The first kappa shape index (κ1) is 8.73. The van der Waals surface area contributed by atoms with Crippen molar-refractivity contribution in [3.8, 4) is 5.75 Å².